The third kappa shape index (κ3) is 2.67. The van der Waals surface area contributed by atoms with E-state index in [2.05, 4.69) is 0 Å². The molecule has 3 nitrogen and oxygen atoms in total. The van der Waals surface area contributed by atoms with Crippen LogP contribution in [0.5, 0.6) is 0 Å². The molecule has 1 aromatic carbocycles. The first kappa shape index (κ1) is 11.2. The summed E-state index contributed by atoms with van der Waals surface area (Å²) < 4.78 is 0. The van der Waals surface area contributed by atoms with E-state index in [-0.39, 0.29) is 35.1 Å². The normalized spacial score (nSPS) is 7.92. The molecule has 4 heteroatoms. The van der Waals surface area contributed by atoms with E-state index in [4.69, 9.17) is 10.4 Å². The Morgan fingerprint density at radius 2 is 1.83 bits per heavy atom. The van der Waals surface area contributed by atoms with Gasteiger partial charge in [-0.15, -0.1) is 0 Å². The Bertz CT molecular complexity index is 313. The van der Waals surface area contributed by atoms with E-state index in [0.717, 1.165) is 0 Å². The number of hydrogen-bond acceptors (Lipinski definition) is 2. The van der Waals surface area contributed by atoms with Crippen LogP contribution in [0.3, 0.4) is 0 Å². The molecule has 0 aromatic heterocycles. The van der Waals surface area contributed by atoms with E-state index < -0.39 is 5.97 Å². The van der Waals surface area contributed by atoms with Gasteiger partial charge in [0.2, 0.25) is 0 Å². The van der Waals surface area contributed by atoms with Gasteiger partial charge in [0.05, 0.1) is 17.2 Å². The average molecular weight is 170 g/mol. The van der Waals surface area contributed by atoms with Crippen LogP contribution in [-0.4, -0.2) is 40.6 Å². The first-order chi connectivity index (χ1) is 5.24. The minimum atomic E-state index is -0.977. The van der Waals surface area contributed by atoms with Gasteiger partial charge in [-0.1, -0.05) is 0 Å². The fourth-order valence-corrected chi connectivity index (χ4v) is 0.687. The number of carboxylic acid groups (broad SMARTS) is 1. The number of hydrogen-bond donors (Lipinski definition) is 1. The van der Waals surface area contributed by atoms with Crippen molar-refractivity contribution in [2.45, 2.75) is 0 Å². The Kier molecular flexibility index (Phi) is 4.60. The monoisotopic (exact) mass is 170 g/mol. The third-order valence-corrected chi connectivity index (χ3v) is 1.26. The second-order valence-electron chi connectivity index (χ2n) is 1.99. The maximum Gasteiger partial charge on any atom is 0.335 e. The first-order valence-corrected chi connectivity index (χ1v) is 2.97. The summed E-state index contributed by atoms with van der Waals surface area (Å²) in [7, 11) is 0. The first-order valence-electron chi connectivity index (χ1n) is 2.97. The molecule has 12 heavy (non-hydrogen) atoms. The van der Waals surface area contributed by atoms with E-state index in [0.29, 0.717) is 5.56 Å². The molecule has 0 aliphatic carbocycles. The van der Waals surface area contributed by atoms with Crippen molar-refractivity contribution in [1.29, 1.82) is 5.26 Å². The zero-order valence-corrected chi connectivity index (χ0v) is 8.61. The molecule has 1 aromatic rings. The van der Waals surface area contributed by atoms with E-state index in [9.17, 15) is 4.79 Å². The van der Waals surface area contributed by atoms with Gasteiger partial charge in [-0.05, 0) is 24.3 Å². The van der Waals surface area contributed by atoms with Crippen LogP contribution in [0.1, 0.15) is 15.9 Å². The molecule has 0 fully saturated rings. The number of rotatable bonds is 1. The fourth-order valence-electron chi connectivity index (χ4n) is 0.687. The third-order valence-electron chi connectivity index (χ3n) is 1.26. The molecule has 0 saturated heterocycles. The van der Waals surface area contributed by atoms with Crippen molar-refractivity contribution in [2.75, 3.05) is 0 Å². The molecular formula is C8H5NNaO2. The summed E-state index contributed by atoms with van der Waals surface area (Å²) in [4.78, 5) is 10.3. The summed E-state index contributed by atoms with van der Waals surface area (Å²) in [6.07, 6.45) is 0. The van der Waals surface area contributed by atoms with Gasteiger partial charge in [0.25, 0.3) is 0 Å². The van der Waals surface area contributed by atoms with Crippen molar-refractivity contribution in [3.63, 3.8) is 0 Å². The molecule has 1 radical (unpaired) electrons. The topological polar surface area (TPSA) is 61.1 Å². The summed E-state index contributed by atoms with van der Waals surface area (Å²) in [5.41, 5.74) is 0.666. The maximum atomic E-state index is 10.3. The van der Waals surface area contributed by atoms with Crippen LogP contribution >= 0.6 is 0 Å². The molecule has 0 spiro atoms. The van der Waals surface area contributed by atoms with E-state index in [1.165, 1.54) is 24.3 Å². The van der Waals surface area contributed by atoms with Crippen molar-refractivity contribution in [2.24, 2.45) is 0 Å². The predicted molar refractivity (Wildman–Crippen MR) is 43.9 cm³/mol. The maximum absolute atomic E-state index is 10.3. The summed E-state index contributed by atoms with van der Waals surface area (Å²) in [6, 6.07) is 7.66. The van der Waals surface area contributed by atoms with Crippen molar-refractivity contribution >= 4 is 35.5 Å². The quantitative estimate of drug-likeness (QED) is 0.636. The molecule has 0 bridgehead atoms. The Hall–Kier alpha value is -0.820. The van der Waals surface area contributed by atoms with Crippen LogP contribution in [0.15, 0.2) is 24.3 Å². The Balaban J connectivity index is 0.00000121. The van der Waals surface area contributed by atoms with Gasteiger partial charge in [-0.2, -0.15) is 5.26 Å². The SMILES string of the molecule is N#Cc1ccc(C(=O)O)cc1.[Na]. The van der Waals surface area contributed by atoms with Gasteiger partial charge < -0.3 is 5.11 Å². The van der Waals surface area contributed by atoms with Crippen molar-refractivity contribution < 1.29 is 9.90 Å². The van der Waals surface area contributed by atoms with Crippen molar-refractivity contribution in [3.05, 3.63) is 35.4 Å². The van der Waals surface area contributed by atoms with Crippen LogP contribution in [-0.2, 0) is 0 Å². The minimum absolute atomic E-state index is 0. The van der Waals surface area contributed by atoms with Crippen LogP contribution in [0.2, 0.25) is 0 Å². The van der Waals surface area contributed by atoms with Crippen molar-refractivity contribution in [1.82, 2.24) is 0 Å². The van der Waals surface area contributed by atoms with Gasteiger partial charge in [0.1, 0.15) is 0 Å². The smallest absolute Gasteiger partial charge is 0.335 e. The molecule has 0 unspecified atom stereocenters. The number of carboxylic acids is 1. The minimum Gasteiger partial charge on any atom is -0.478 e. The van der Waals surface area contributed by atoms with E-state index >= 15 is 0 Å². The molecule has 0 amide bonds. The molecule has 0 atom stereocenters. The van der Waals surface area contributed by atoms with Gasteiger partial charge in [-0.25, -0.2) is 4.79 Å². The zero-order chi connectivity index (χ0) is 8.27. The zero-order valence-electron chi connectivity index (χ0n) is 6.61. The van der Waals surface area contributed by atoms with E-state index in [1.54, 1.807) is 0 Å². The van der Waals surface area contributed by atoms with Crippen LogP contribution in [0.25, 0.3) is 0 Å². The molecule has 0 aliphatic rings. The summed E-state index contributed by atoms with van der Waals surface area (Å²) in [5, 5.41) is 16.8. The van der Waals surface area contributed by atoms with Gasteiger partial charge in [-0.3, -0.25) is 0 Å². The summed E-state index contributed by atoms with van der Waals surface area (Å²) in [5.74, 6) is -0.977. The Morgan fingerprint density at radius 1 is 1.33 bits per heavy atom. The predicted octanol–water partition coefficient (Wildman–Crippen LogP) is 0.876. The molecule has 0 saturated carbocycles. The van der Waals surface area contributed by atoms with E-state index in [1.807, 2.05) is 6.07 Å². The molecule has 55 valence electrons. The van der Waals surface area contributed by atoms with Crippen LogP contribution in [0, 0.1) is 11.3 Å². The summed E-state index contributed by atoms with van der Waals surface area (Å²) >= 11 is 0. The number of carbonyl (C=O) groups is 1. The molecule has 1 N–H and O–H groups in total. The fraction of sp³-hybridized carbons (Fsp3) is 0. The second-order valence-corrected chi connectivity index (χ2v) is 1.99. The van der Waals surface area contributed by atoms with Crippen molar-refractivity contribution in [3.8, 4) is 6.07 Å². The standard InChI is InChI=1S/C8H5NO2.Na/c9-5-6-1-3-7(4-2-6)8(10)11;/h1-4H,(H,10,11);. The van der Waals surface area contributed by atoms with Gasteiger partial charge in [0.15, 0.2) is 0 Å². The number of benzene rings is 1. The van der Waals surface area contributed by atoms with Gasteiger partial charge >= 0.3 is 5.97 Å². The molecular weight excluding hydrogens is 165 g/mol. The second kappa shape index (κ2) is 4.94. The van der Waals surface area contributed by atoms with Crippen LogP contribution in [0.4, 0.5) is 0 Å². The summed E-state index contributed by atoms with van der Waals surface area (Å²) in [6.45, 7) is 0. The average Bonchev–Trinajstić information content (AvgIpc) is 2.05. The number of nitriles is 1. The largest absolute Gasteiger partial charge is 0.478 e. The van der Waals surface area contributed by atoms with Gasteiger partial charge in [0, 0.05) is 29.6 Å². The van der Waals surface area contributed by atoms with Crippen LogP contribution < -0.4 is 0 Å². The number of nitrogens with zero attached hydrogens (tertiary/aromatic N) is 1. The number of aromatic carboxylic acids is 1. The Labute approximate surface area is 91.9 Å². The Morgan fingerprint density at radius 3 is 2.17 bits per heavy atom. The molecule has 1 rings (SSSR count). The molecule has 0 heterocycles. The molecule has 0 aliphatic heterocycles.